The van der Waals surface area contributed by atoms with Crippen molar-refractivity contribution >= 4 is 77.9 Å². The van der Waals surface area contributed by atoms with Gasteiger partial charge >= 0.3 is 15.9 Å². The summed E-state index contributed by atoms with van der Waals surface area (Å²) in [6.45, 7) is 1.34. The van der Waals surface area contributed by atoms with Gasteiger partial charge in [0, 0.05) is 69.4 Å². The lowest BCUT2D eigenvalue weighted by atomic mass is 10.1. The van der Waals surface area contributed by atoms with E-state index in [1.54, 1.807) is 31.3 Å². The summed E-state index contributed by atoms with van der Waals surface area (Å²) in [6, 6.07) is 19.7. The van der Waals surface area contributed by atoms with Gasteiger partial charge < -0.3 is 20.9 Å². The summed E-state index contributed by atoms with van der Waals surface area (Å²) >= 11 is 1.27. The van der Waals surface area contributed by atoms with Crippen molar-refractivity contribution in [3.05, 3.63) is 99.9 Å². The van der Waals surface area contributed by atoms with Crippen molar-refractivity contribution in [1.29, 1.82) is 0 Å². The molecule has 0 spiro atoms. The monoisotopic (exact) mass is 882 g/mol. The zero-order valence-electron chi connectivity index (χ0n) is 35.0. The van der Waals surface area contributed by atoms with E-state index in [9.17, 15) is 32.4 Å². The van der Waals surface area contributed by atoms with Crippen LogP contribution >= 0.6 is 11.3 Å². The van der Waals surface area contributed by atoms with Crippen molar-refractivity contribution in [3.63, 3.8) is 0 Å². The van der Waals surface area contributed by atoms with Crippen LogP contribution in [0.3, 0.4) is 0 Å². The zero-order valence-corrected chi connectivity index (χ0v) is 36.6. The lowest BCUT2D eigenvalue weighted by Crippen LogP contribution is -2.44. The SMILES string of the molecule is CN(C)c1cccc(-c2csc(NC(=O)CNC(=O)c3cn(S(=O)(=O)N(C)CCCCNCCCc4ccc5c(c4)n(C)c(=O)n5C4CCC(=O)NC4=O)c4ccccc34)n2)c1. The number of amides is 4. The minimum atomic E-state index is -4.04. The van der Waals surface area contributed by atoms with E-state index in [4.69, 9.17) is 0 Å². The van der Waals surface area contributed by atoms with E-state index in [-0.39, 0.29) is 43.1 Å². The largest absolute Gasteiger partial charge is 0.378 e. The summed E-state index contributed by atoms with van der Waals surface area (Å²) < 4.78 is 33.0. The predicted molar refractivity (Wildman–Crippen MR) is 241 cm³/mol. The number of imidazole rings is 1. The van der Waals surface area contributed by atoms with Crippen LogP contribution in [0.4, 0.5) is 10.8 Å². The van der Waals surface area contributed by atoms with Crippen LogP contribution in [-0.4, -0.2) is 102 Å². The number of carbonyl (C=O) groups excluding carboxylic acids is 4. The number of imide groups is 1. The van der Waals surface area contributed by atoms with Gasteiger partial charge in [0.1, 0.15) is 6.04 Å². The second-order valence-corrected chi connectivity index (χ2v) is 18.2. The lowest BCUT2D eigenvalue weighted by molar-refractivity contribution is -0.135. The van der Waals surface area contributed by atoms with Crippen LogP contribution in [0.1, 0.15) is 54.1 Å². The molecule has 1 atom stereocenters. The van der Waals surface area contributed by atoms with Crippen molar-refractivity contribution in [3.8, 4) is 11.3 Å². The Kier molecular flexibility index (Phi) is 13.4. The number of nitrogens with one attached hydrogen (secondary N) is 4. The predicted octanol–water partition coefficient (Wildman–Crippen LogP) is 3.86. The van der Waals surface area contributed by atoms with Crippen LogP contribution in [0.15, 0.2) is 83.1 Å². The van der Waals surface area contributed by atoms with Crippen LogP contribution in [0.25, 0.3) is 33.2 Å². The first-order valence-corrected chi connectivity index (χ1v) is 22.6. The number of para-hydroxylation sites is 1. The van der Waals surface area contributed by atoms with E-state index in [0.29, 0.717) is 40.2 Å². The summed E-state index contributed by atoms with van der Waals surface area (Å²) in [6.07, 6.45) is 4.70. The molecule has 1 fully saturated rings. The van der Waals surface area contributed by atoms with Gasteiger partial charge in [-0.15, -0.1) is 11.3 Å². The molecular formula is C43H50N10O7S2. The molecule has 1 aliphatic heterocycles. The number of benzene rings is 3. The quantitative estimate of drug-likeness (QED) is 0.0726. The van der Waals surface area contributed by atoms with Gasteiger partial charge in [-0.25, -0.2) is 13.8 Å². The van der Waals surface area contributed by atoms with E-state index < -0.39 is 34.0 Å². The lowest BCUT2D eigenvalue weighted by Gasteiger charge is -2.21. The minimum Gasteiger partial charge on any atom is -0.378 e. The first-order valence-electron chi connectivity index (χ1n) is 20.4. The number of aryl methyl sites for hydroxylation is 2. The van der Waals surface area contributed by atoms with Gasteiger partial charge in [-0.2, -0.15) is 12.7 Å². The van der Waals surface area contributed by atoms with Crippen molar-refractivity contribution in [1.82, 2.24) is 38.3 Å². The molecule has 0 bridgehead atoms. The number of rotatable bonds is 18. The highest BCUT2D eigenvalue weighted by Crippen LogP contribution is 2.29. The highest BCUT2D eigenvalue weighted by molar-refractivity contribution is 7.87. The summed E-state index contributed by atoms with van der Waals surface area (Å²) in [7, 11) is 3.06. The Bertz CT molecular complexity index is 2820. The van der Waals surface area contributed by atoms with Gasteiger partial charge in [0.05, 0.1) is 34.4 Å². The molecule has 0 radical (unpaired) electrons. The number of carbonyl (C=O) groups is 4. The van der Waals surface area contributed by atoms with E-state index in [2.05, 4.69) is 26.3 Å². The van der Waals surface area contributed by atoms with Crippen LogP contribution < -0.4 is 31.9 Å². The van der Waals surface area contributed by atoms with Crippen molar-refractivity contribution in [2.45, 2.75) is 44.6 Å². The number of anilines is 2. The Morgan fingerprint density at radius 2 is 1.73 bits per heavy atom. The fourth-order valence-electron chi connectivity index (χ4n) is 7.53. The third-order valence-corrected chi connectivity index (χ3v) is 13.5. The van der Waals surface area contributed by atoms with Gasteiger partial charge in [0.25, 0.3) is 5.91 Å². The highest BCUT2D eigenvalue weighted by atomic mass is 32.2. The third-order valence-electron chi connectivity index (χ3n) is 11.0. The molecule has 6 aromatic rings. The van der Waals surface area contributed by atoms with Gasteiger partial charge in [-0.05, 0) is 81.1 Å². The maximum Gasteiger partial charge on any atom is 0.329 e. The molecule has 19 heteroatoms. The number of piperidine rings is 1. The van der Waals surface area contributed by atoms with E-state index >= 15 is 0 Å². The van der Waals surface area contributed by atoms with Gasteiger partial charge in [-0.3, -0.25) is 33.6 Å². The van der Waals surface area contributed by atoms with E-state index in [1.165, 1.54) is 38.0 Å². The number of thiazole rings is 1. The standard InChI is InChI=1S/C43H50N10O7S2/c1-49(2)30-13-9-12-29(24-30)33-27-61-42(46-33)48-39(55)25-45-40(56)32-26-52(34-15-6-5-14-31(32)34)62(59,60)50(3)22-8-7-20-44-21-10-11-28-16-17-35-37(23-28)51(4)43(58)53(35)36-18-19-38(54)47-41(36)57/h5-6,9,12-17,23-24,26-27,36,44H,7-8,10-11,18-22,25H2,1-4H3,(H,45,56)(H,46,48,55)(H,47,54,57). The molecule has 3 aromatic heterocycles. The molecule has 3 aromatic carbocycles. The second-order valence-electron chi connectivity index (χ2n) is 15.5. The minimum absolute atomic E-state index is 0.126. The van der Waals surface area contributed by atoms with Crippen LogP contribution in [0.5, 0.6) is 0 Å². The molecule has 0 saturated carbocycles. The Hall–Kier alpha value is -6.15. The average Bonchev–Trinajstić information content (AvgIpc) is 3.96. The Labute approximate surface area is 362 Å². The molecule has 4 amide bonds. The van der Waals surface area contributed by atoms with Crippen LogP contribution in [-0.2, 0) is 38.1 Å². The molecule has 326 valence electrons. The number of hydrogen-bond donors (Lipinski definition) is 4. The molecule has 4 heterocycles. The van der Waals surface area contributed by atoms with E-state index in [1.807, 2.05) is 66.8 Å². The summed E-state index contributed by atoms with van der Waals surface area (Å²) in [5, 5.41) is 13.8. The molecule has 62 heavy (non-hydrogen) atoms. The molecule has 7 rings (SSSR count). The van der Waals surface area contributed by atoms with Crippen molar-refractivity contribution in [2.24, 2.45) is 7.05 Å². The third kappa shape index (κ3) is 9.50. The number of fused-ring (bicyclic) bond motifs is 2. The number of aromatic nitrogens is 4. The average molecular weight is 883 g/mol. The molecule has 1 saturated heterocycles. The number of hydrogen-bond acceptors (Lipinski definition) is 11. The Balaban J connectivity index is 0.865. The van der Waals surface area contributed by atoms with Gasteiger partial charge in [0.15, 0.2) is 5.13 Å². The molecule has 4 N–H and O–H groups in total. The maximum atomic E-state index is 13.8. The number of nitrogens with zero attached hydrogens (tertiary/aromatic N) is 6. The molecule has 1 unspecified atom stereocenters. The Morgan fingerprint density at radius 3 is 2.52 bits per heavy atom. The van der Waals surface area contributed by atoms with Crippen LogP contribution in [0, 0.1) is 0 Å². The first kappa shape index (κ1) is 43.9. The first-order chi connectivity index (χ1) is 29.7. The fourth-order valence-corrected chi connectivity index (χ4v) is 9.58. The summed E-state index contributed by atoms with van der Waals surface area (Å²) in [4.78, 5) is 69.9. The highest BCUT2D eigenvalue weighted by Gasteiger charge is 2.31. The van der Waals surface area contributed by atoms with Gasteiger partial charge in [0.2, 0.25) is 17.7 Å². The normalized spacial score (nSPS) is 14.4. The Morgan fingerprint density at radius 1 is 0.935 bits per heavy atom. The van der Waals surface area contributed by atoms with Gasteiger partial charge in [-0.1, -0.05) is 36.4 Å². The molecule has 1 aliphatic rings. The smallest absolute Gasteiger partial charge is 0.329 e. The number of unbranched alkanes of at least 4 members (excludes halogenated alkanes) is 1. The van der Waals surface area contributed by atoms with E-state index in [0.717, 1.165) is 52.1 Å². The van der Waals surface area contributed by atoms with Crippen molar-refractivity contribution in [2.75, 3.05) is 57.5 Å². The molecule has 0 aliphatic carbocycles. The zero-order chi connectivity index (χ0) is 44.1. The topological polar surface area (TPSA) is 202 Å². The van der Waals surface area contributed by atoms with Crippen LogP contribution in [0.2, 0.25) is 0 Å². The molecule has 17 nitrogen and oxygen atoms in total. The maximum absolute atomic E-state index is 13.8. The summed E-state index contributed by atoms with van der Waals surface area (Å²) in [5.74, 6) is -1.85. The fraction of sp³-hybridized carbons (Fsp3) is 0.349. The van der Waals surface area contributed by atoms with Crippen molar-refractivity contribution < 1.29 is 27.6 Å². The second kappa shape index (κ2) is 18.9. The molecular weight excluding hydrogens is 833 g/mol. The summed E-state index contributed by atoms with van der Waals surface area (Å²) in [5.41, 5.74) is 5.24.